The number of aliphatic hydroxyl groups is 1. The first-order valence-electron chi connectivity index (χ1n) is 7.60. The Morgan fingerprint density at radius 1 is 1.15 bits per heavy atom. The van der Waals surface area contributed by atoms with E-state index in [-0.39, 0.29) is 23.8 Å². The molecular formula is C14H23NO5. The average Bonchev–Trinajstić information content (AvgIpc) is 2.63. The van der Waals surface area contributed by atoms with Gasteiger partial charge in [-0.25, -0.2) is 9.78 Å². The Labute approximate surface area is 118 Å². The second-order valence-electron chi connectivity index (χ2n) is 6.98. The van der Waals surface area contributed by atoms with Gasteiger partial charge in [0.1, 0.15) is 0 Å². The van der Waals surface area contributed by atoms with Crippen molar-refractivity contribution in [3.05, 3.63) is 0 Å². The summed E-state index contributed by atoms with van der Waals surface area (Å²) in [5.41, 5.74) is 5.68. The molecule has 5 fully saturated rings. The fourth-order valence-electron chi connectivity index (χ4n) is 4.63. The molecular weight excluding hydrogens is 262 g/mol. The SMILES string of the molecule is C[C@H]1C(O)O[C@@H]2O[C@@]3(C)CCC4[C@H](N)CC[C@@H]1[C@]42OO3. The zero-order valence-electron chi connectivity index (χ0n) is 12.0. The summed E-state index contributed by atoms with van der Waals surface area (Å²) in [6.45, 7) is 3.85. The largest absolute Gasteiger partial charge is 0.368 e. The zero-order valence-corrected chi connectivity index (χ0v) is 12.0. The van der Waals surface area contributed by atoms with Gasteiger partial charge in [0.05, 0.1) is 0 Å². The molecule has 4 heterocycles. The highest BCUT2D eigenvalue weighted by Crippen LogP contribution is 2.58. The Bertz CT molecular complexity index is 416. The molecule has 20 heavy (non-hydrogen) atoms. The van der Waals surface area contributed by atoms with Gasteiger partial charge >= 0.3 is 0 Å². The van der Waals surface area contributed by atoms with Crippen LogP contribution in [0.2, 0.25) is 0 Å². The first-order valence-corrected chi connectivity index (χ1v) is 7.60. The monoisotopic (exact) mass is 285 g/mol. The molecule has 2 unspecified atom stereocenters. The van der Waals surface area contributed by atoms with Gasteiger partial charge in [0.15, 0.2) is 18.2 Å². The minimum atomic E-state index is -0.822. The van der Waals surface area contributed by atoms with Crippen molar-refractivity contribution in [2.24, 2.45) is 23.5 Å². The van der Waals surface area contributed by atoms with E-state index < -0.39 is 24.0 Å². The van der Waals surface area contributed by atoms with Crippen LogP contribution in [0, 0.1) is 17.8 Å². The third-order valence-corrected chi connectivity index (χ3v) is 5.83. The van der Waals surface area contributed by atoms with Crippen molar-refractivity contribution in [3.8, 4) is 0 Å². The lowest BCUT2D eigenvalue weighted by atomic mass is 9.60. The van der Waals surface area contributed by atoms with E-state index in [0.29, 0.717) is 0 Å². The molecule has 4 aliphatic heterocycles. The molecule has 5 rings (SSSR count). The summed E-state index contributed by atoms with van der Waals surface area (Å²) in [6, 6.07) is 0.0624. The highest BCUT2D eigenvalue weighted by molar-refractivity contribution is 5.10. The van der Waals surface area contributed by atoms with Crippen molar-refractivity contribution in [1.82, 2.24) is 0 Å². The highest BCUT2D eigenvalue weighted by atomic mass is 17.3. The average molecular weight is 285 g/mol. The minimum absolute atomic E-state index is 0.0177. The number of hydrogen-bond donors (Lipinski definition) is 2. The molecule has 2 bridgehead atoms. The lowest BCUT2D eigenvalue weighted by Gasteiger charge is -2.59. The number of hydrogen-bond acceptors (Lipinski definition) is 6. The van der Waals surface area contributed by atoms with Crippen molar-refractivity contribution < 1.29 is 24.4 Å². The highest BCUT2D eigenvalue weighted by Gasteiger charge is 2.69. The van der Waals surface area contributed by atoms with E-state index in [1.165, 1.54) is 0 Å². The predicted octanol–water partition coefficient (Wildman–Crippen LogP) is 0.878. The molecule has 0 aromatic heterocycles. The summed E-state index contributed by atoms with van der Waals surface area (Å²) in [4.78, 5) is 11.5. The van der Waals surface area contributed by atoms with E-state index in [0.717, 1.165) is 25.7 Å². The van der Waals surface area contributed by atoms with Gasteiger partial charge in [0, 0.05) is 30.2 Å². The first-order chi connectivity index (χ1) is 9.46. The molecule has 0 radical (unpaired) electrons. The van der Waals surface area contributed by atoms with Gasteiger partial charge in [0.2, 0.25) is 5.79 Å². The maximum absolute atomic E-state index is 10.2. The minimum Gasteiger partial charge on any atom is -0.368 e. The maximum atomic E-state index is 10.2. The fourth-order valence-corrected chi connectivity index (χ4v) is 4.63. The molecule has 1 spiro atoms. The van der Waals surface area contributed by atoms with Crippen LogP contribution < -0.4 is 5.73 Å². The van der Waals surface area contributed by atoms with E-state index in [2.05, 4.69) is 0 Å². The third kappa shape index (κ3) is 1.55. The van der Waals surface area contributed by atoms with Crippen LogP contribution in [-0.2, 0) is 19.2 Å². The summed E-state index contributed by atoms with van der Waals surface area (Å²) in [5, 5.41) is 10.2. The van der Waals surface area contributed by atoms with Crippen LogP contribution in [0.3, 0.4) is 0 Å². The molecule has 3 N–H and O–H groups in total. The van der Waals surface area contributed by atoms with Gasteiger partial charge in [0.25, 0.3) is 0 Å². The molecule has 6 heteroatoms. The van der Waals surface area contributed by atoms with Crippen molar-refractivity contribution >= 4 is 0 Å². The standard InChI is InChI=1S/C14H23NO5/c1-7-8-3-4-10(15)9-5-6-13(2)18-12(17-11(7)16)14(8,9)20-19-13/h7-12,16H,3-6,15H2,1-2H3/t7-,8+,9?,10-,11?,12-,13-,14+/m1/s1. The van der Waals surface area contributed by atoms with E-state index in [9.17, 15) is 5.11 Å². The topological polar surface area (TPSA) is 83.2 Å². The van der Waals surface area contributed by atoms with Crippen molar-refractivity contribution in [1.29, 1.82) is 0 Å². The van der Waals surface area contributed by atoms with Crippen LogP contribution >= 0.6 is 0 Å². The molecule has 1 saturated carbocycles. The molecule has 1 aliphatic carbocycles. The Hall–Kier alpha value is -0.240. The number of aliphatic hydroxyl groups excluding tert-OH is 1. The Morgan fingerprint density at radius 2 is 1.95 bits per heavy atom. The van der Waals surface area contributed by atoms with Crippen molar-refractivity contribution in [2.75, 3.05) is 0 Å². The van der Waals surface area contributed by atoms with E-state index in [1.807, 2.05) is 13.8 Å². The molecule has 5 aliphatic rings. The van der Waals surface area contributed by atoms with E-state index in [1.54, 1.807) is 0 Å². The molecule has 0 aromatic carbocycles. The molecule has 4 saturated heterocycles. The smallest absolute Gasteiger partial charge is 0.201 e. The Balaban J connectivity index is 1.82. The summed E-state index contributed by atoms with van der Waals surface area (Å²) in [7, 11) is 0. The fraction of sp³-hybridized carbons (Fsp3) is 1.00. The lowest BCUT2D eigenvalue weighted by molar-refractivity contribution is -0.575. The summed E-state index contributed by atoms with van der Waals surface area (Å²) in [6.07, 6.45) is 2.05. The van der Waals surface area contributed by atoms with Crippen LogP contribution in [0.5, 0.6) is 0 Å². The molecule has 6 nitrogen and oxygen atoms in total. The van der Waals surface area contributed by atoms with Crippen LogP contribution in [0.1, 0.15) is 39.5 Å². The number of fused-ring (bicyclic) bond motifs is 2. The van der Waals surface area contributed by atoms with Gasteiger partial charge in [-0.1, -0.05) is 6.92 Å². The summed E-state index contributed by atoms with van der Waals surface area (Å²) < 4.78 is 11.7. The first kappa shape index (κ1) is 13.4. The van der Waals surface area contributed by atoms with Gasteiger partial charge in [-0.3, -0.25) is 0 Å². The molecule has 0 aromatic rings. The van der Waals surface area contributed by atoms with E-state index in [4.69, 9.17) is 25.0 Å². The summed E-state index contributed by atoms with van der Waals surface area (Å²) in [5.74, 6) is -0.539. The zero-order chi connectivity index (χ0) is 14.1. The van der Waals surface area contributed by atoms with Gasteiger partial charge in [-0.2, -0.15) is 0 Å². The third-order valence-electron chi connectivity index (χ3n) is 5.83. The van der Waals surface area contributed by atoms with Gasteiger partial charge in [-0.05, 0) is 26.2 Å². The quantitative estimate of drug-likeness (QED) is 0.643. The second-order valence-corrected chi connectivity index (χ2v) is 6.98. The predicted molar refractivity (Wildman–Crippen MR) is 67.9 cm³/mol. The van der Waals surface area contributed by atoms with Crippen LogP contribution in [0.25, 0.3) is 0 Å². The number of ether oxygens (including phenoxy) is 2. The normalized spacial score (nSPS) is 61.8. The van der Waals surface area contributed by atoms with Crippen LogP contribution in [0.15, 0.2) is 0 Å². The van der Waals surface area contributed by atoms with Crippen LogP contribution in [0.4, 0.5) is 0 Å². The maximum Gasteiger partial charge on any atom is 0.201 e. The molecule has 0 amide bonds. The Kier molecular flexibility index (Phi) is 2.79. The van der Waals surface area contributed by atoms with Gasteiger partial charge < -0.3 is 20.3 Å². The summed E-state index contributed by atoms with van der Waals surface area (Å²) >= 11 is 0. The lowest BCUT2D eigenvalue weighted by Crippen LogP contribution is -2.71. The molecule has 114 valence electrons. The van der Waals surface area contributed by atoms with Gasteiger partial charge in [-0.15, -0.1) is 0 Å². The van der Waals surface area contributed by atoms with E-state index >= 15 is 0 Å². The van der Waals surface area contributed by atoms with Crippen molar-refractivity contribution in [2.45, 2.75) is 69.5 Å². The second kappa shape index (κ2) is 4.15. The Morgan fingerprint density at radius 3 is 2.75 bits per heavy atom. The van der Waals surface area contributed by atoms with Crippen LogP contribution in [-0.4, -0.2) is 35.1 Å². The molecule has 8 atom stereocenters. The van der Waals surface area contributed by atoms with Crippen molar-refractivity contribution in [3.63, 3.8) is 0 Å². The number of nitrogens with two attached hydrogens (primary N) is 1. The number of rotatable bonds is 0.